The van der Waals surface area contributed by atoms with E-state index in [0.29, 0.717) is 0 Å². The molecule has 1 aromatic heterocycles. The summed E-state index contributed by atoms with van der Waals surface area (Å²) in [7, 11) is 0. The Morgan fingerprint density at radius 3 is 2.19 bits per heavy atom. The Morgan fingerprint density at radius 1 is 0.741 bits per heavy atom. The van der Waals surface area contributed by atoms with Crippen molar-refractivity contribution in [3.8, 4) is 11.1 Å². The van der Waals surface area contributed by atoms with Crippen LogP contribution in [-0.2, 0) is 6.42 Å². The van der Waals surface area contributed by atoms with E-state index in [0.717, 1.165) is 17.6 Å². The minimum Gasteiger partial charge on any atom is -0.456 e. The van der Waals surface area contributed by atoms with Crippen molar-refractivity contribution in [2.45, 2.75) is 41.0 Å². The summed E-state index contributed by atoms with van der Waals surface area (Å²) in [5.74, 6) is 0. The molecule has 3 aromatic carbocycles. The Balaban J connectivity index is 1.84. The van der Waals surface area contributed by atoms with Crippen molar-refractivity contribution in [2.75, 3.05) is 0 Å². The summed E-state index contributed by atoms with van der Waals surface area (Å²) >= 11 is 0. The first-order valence-corrected chi connectivity index (χ1v) is 9.76. The van der Waals surface area contributed by atoms with E-state index >= 15 is 0 Å². The number of rotatable bonds is 3. The van der Waals surface area contributed by atoms with Gasteiger partial charge in [-0.05, 0) is 46.1 Å². The third-order valence-electron chi connectivity index (χ3n) is 6.32. The van der Waals surface area contributed by atoms with E-state index in [1.54, 1.807) is 0 Å². The van der Waals surface area contributed by atoms with Crippen LogP contribution in [0.1, 0.15) is 40.2 Å². The standard InChI is InChI=1S/C26H28O/c1-25(2,3)26(4,5)17-18-14-15-21-23(16-18)27-22-13-9-12-20(24(21)22)19-10-7-6-8-11-19/h6-16H,17H2,1-5H3. The van der Waals surface area contributed by atoms with Gasteiger partial charge in [0, 0.05) is 10.8 Å². The molecule has 4 rings (SSSR count). The van der Waals surface area contributed by atoms with Crippen LogP contribution < -0.4 is 0 Å². The van der Waals surface area contributed by atoms with Gasteiger partial charge in [-0.3, -0.25) is 0 Å². The smallest absolute Gasteiger partial charge is 0.136 e. The van der Waals surface area contributed by atoms with Crippen molar-refractivity contribution in [3.63, 3.8) is 0 Å². The maximum absolute atomic E-state index is 6.26. The van der Waals surface area contributed by atoms with Gasteiger partial charge in [0.1, 0.15) is 11.2 Å². The van der Waals surface area contributed by atoms with E-state index < -0.39 is 0 Å². The van der Waals surface area contributed by atoms with Gasteiger partial charge in [0.2, 0.25) is 0 Å². The Bertz CT molecular complexity index is 1090. The first-order valence-electron chi connectivity index (χ1n) is 9.76. The van der Waals surface area contributed by atoms with Crippen molar-refractivity contribution in [1.29, 1.82) is 0 Å². The second-order valence-corrected chi connectivity index (χ2v) is 9.29. The SMILES string of the molecule is CC(C)(C)C(C)(C)Cc1ccc2c(c1)oc1cccc(-c3ccccc3)c12. The highest BCUT2D eigenvalue weighted by Gasteiger charge is 2.32. The van der Waals surface area contributed by atoms with Crippen LogP contribution in [-0.4, -0.2) is 0 Å². The van der Waals surface area contributed by atoms with Crippen molar-refractivity contribution >= 4 is 21.9 Å². The normalized spacial score (nSPS) is 12.8. The van der Waals surface area contributed by atoms with Crippen molar-refractivity contribution < 1.29 is 4.42 Å². The third-order valence-corrected chi connectivity index (χ3v) is 6.32. The highest BCUT2D eigenvalue weighted by atomic mass is 16.3. The summed E-state index contributed by atoms with van der Waals surface area (Å²) in [6, 6.07) is 23.6. The molecule has 0 saturated heterocycles. The van der Waals surface area contributed by atoms with Gasteiger partial charge in [-0.15, -0.1) is 0 Å². The monoisotopic (exact) mass is 356 g/mol. The predicted molar refractivity (Wildman–Crippen MR) is 116 cm³/mol. The average Bonchev–Trinajstić information content (AvgIpc) is 2.98. The molecular weight excluding hydrogens is 328 g/mol. The predicted octanol–water partition coefficient (Wildman–Crippen LogP) is 7.87. The molecule has 0 aliphatic heterocycles. The van der Waals surface area contributed by atoms with Crippen LogP contribution in [0.25, 0.3) is 33.1 Å². The van der Waals surface area contributed by atoms with Crippen LogP contribution in [0.5, 0.6) is 0 Å². The van der Waals surface area contributed by atoms with E-state index in [2.05, 4.69) is 101 Å². The van der Waals surface area contributed by atoms with Gasteiger partial charge >= 0.3 is 0 Å². The Labute approximate surface area is 162 Å². The molecule has 0 aliphatic carbocycles. The summed E-state index contributed by atoms with van der Waals surface area (Å²) in [6.45, 7) is 11.7. The molecule has 4 aromatic rings. The fourth-order valence-corrected chi connectivity index (χ4v) is 3.61. The van der Waals surface area contributed by atoms with E-state index in [4.69, 9.17) is 4.42 Å². The third kappa shape index (κ3) is 3.16. The molecule has 0 N–H and O–H groups in total. The topological polar surface area (TPSA) is 13.1 Å². The van der Waals surface area contributed by atoms with Gasteiger partial charge in [0.25, 0.3) is 0 Å². The molecule has 0 amide bonds. The fourth-order valence-electron chi connectivity index (χ4n) is 3.61. The van der Waals surface area contributed by atoms with E-state index in [9.17, 15) is 0 Å². The number of furan rings is 1. The number of hydrogen-bond donors (Lipinski definition) is 0. The second kappa shape index (κ2) is 6.27. The molecule has 0 radical (unpaired) electrons. The van der Waals surface area contributed by atoms with Crippen LogP contribution in [0, 0.1) is 10.8 Å². The highest BCUT2D eigenvalue weighted by Crippen LogP contribution is 2.42. The Morgan fingerprint density at radius 2 is 1.48 bits per heavy atom. The lowest BCUT2D eigenvalue weighted by atomic mass is 9.66. The molecule has 0 bridgehead atoms. The maximum Gasteiger partial charge on any atom is 0.136 e. The van der Waals surface area contributed by atoms with Crippen LogP contribution in [0.3, 0.4) is 0 Å². The molecule has 0 saturated carbocycles. The maximum atomic E-state index is 6.26. The number of fused-ring (bicyclic) bond motifs is 3. The summed E-state index contributed by atoms with van der Waals surface area (Å²) in [4.78, 5) is 0. The molecule has 0 fully saturated rings. The quantitative estimate of drug-likeness (QED) is 0.364. The van der Waals surface area contributed by atoms with Crippen molar-refractivity contribution in [1.82, 2.24) is 0 Å². The molecule has 0 spiro atoms. The van der Waals surface area contributed by atoms with Crippen LogP contribution >= 0.6 is 0 Å². The molecule has 0 unspecified atom stereocenters. The Hall–Kier alpha value is -2.54. The zero-order chi connectivity index (χ0) is 19.2. The van der Waals surface area contributed by atoms with E-state index in [1.165, 1.54) is 27.5 Å². The molecular formula is C26H28O. The van der Waals surface area contributed by atoms with Crippen LogP contribution in [0.15, 0.2) is 71.1 Å². The first-order chi connectivity index (χ1) is 12.8. The molecule has 138 valence electrons. The minimum atomic E-state index is 0.210. The van der Waals surface area contributed by atoms with E-state index in [-0.39, 0.29) is 10.8 Å². The van der Waals surface area contributed by atoms with Gasteiger partial charge < -0.3 is 4.42 Å². The van der Waals surface area contributed by atoms with Crippen LogP contribution in [0.4, 0.5) is 0 Å². The molecule has 1 nitrogen and oxygen atoms in total. The Kier molecular flexibility index (Phi) is 4.14. The van der Waals surface area contributed by atoms with Gasteiger partial charge in [-0.1, -0.05) is 89.2 Å². The minimum absolute atomic E-state index is 0.210. The largest absolute Gasteiger partial charge is 0.456 e. The first kappa shape index (κ1) is 17.9. The zero-order valence-electron chi connectivity index (χ0n) is 17.0. The van der Waals surface area contributed by atoms with Gasteiger partial charge in [0.15, 0.2) is 0 Å². The lowest BCUT2D eigenvalue weighted by Gasteiger charge is -2.39. The summed E-state index contributed by atoms with van der Waals surface area (Å²) < 4.78 is 6.26. The lowest BCUT2D eigenvalue weighted by molar-refractivity contribution is 0.132. The van der Waals surface area contributed by atoms with Crippen LogP contribution in [0.2, 0.25) is 0 Å². The summed E-state index contributed by atoms with van der Waals surface area (Å²) in [5, 5.41) is 2.40. The van der Waals surface area contributed by atoms with Gasteiger partial charge in [-0.25, -0.2) is 0 Å². The van der Waals surface area contributed by atoms with Crippen molar-refractivity contribution in [2.24, 2.45) is 10.8 Å². The number of hydrogen-bond acceptors (Lipinski definition) is 1. The van der Waals surface area contributed by atoms with Crippen molar-refractivity contribution in [3.05, 3.63) is 72.3 Å². The van der Waals surface area contributed by atoms with E-state index in [1.807, 2.05) is 0 Å². The van der Waals surface area contributed by atoms with Gasteiger partial charge in [0.05, 0.1) is 0 Å². The highest BCUT2D eigenvalue weighted by molar-refractivity contribution is 6.12. The molecule has 1 heteroatoms. The average molecular weight is 357 g/mol. The molecule has 27 heavy (non-hydrogen) atoms. The summed E-state index contributed by atoms with van der Waals surface area (Å²) in [6.07, 6.45) is 1.04. The van der Waals surface area contributed by atoms with Gasteiger partial charge in [-0.2, -0.15) is 0 Å². The zero-order valence-corrected chi connectivity index (χ0v) is 17.0. The summed E-state index contributed by atoms with van der Waals surface area (Å²) in [5.41, 5.74) is 6.19. The molecule has 0 atom stereocenters. The number of benzene rings is 3. The fraction of sp³-hybridized carbons (Fsp3) is 0.308. The molecule has 1 heterocycles. The second-order valence-electron chi connectivity index (χ2n) is 9.29. The molecule has 0 aliphatic rings. The lowest BCUT2D eigenvalue weighted by Crippen LogP contribution is -2.31.